The highest BCUT2D eigenvalue weighted by Gasteiger charge is 2.24. The maximum Gasteiger partial charge on any atom is 0.00725 e. The summed E-state index contributed by atoms with van der Waals surface area (Å²) in [7, 11) is 0. The van der Waals surface area contributed by atoms with E-state index in [-0.39, 0.29) is 12.4 Å². The van der Waals surface area contributed by atoms with Crippen LogP contribution in [0.3, 0.4) is 0 Å². The molecule has 3 atom stereocenters. The molecule has 0 aromatic heterocycles. The van der Waals surface area contributed by atoms with Gasteiger partial charge < -0.3 is 0 Å². The van der Waals surface area contributed by atoms with Crippen LogP contribution in [0.15, 0.2) is 0 Å². The summed E-state index contributed by atoms with van der Waals surface area (Å²) in [5.41, 5.74) is 0. The second-order valence-corrected chi connectivity index (χ2v) is 18.1. The molecule has 0 bridgehead atoms. The van der Waals surface area contributed by atoms with Gasteiger partial charge in [-0.3, -0.25) is 4.90 Å². The Bertz CT molecular complexity index is 550. The third-order valence-corrected chi connectivity index (χ3v) is 12.7. The molecule has 0 spiro atoms. The van der Waals surface area contributed by atoms with E-state index in [1.165, 1.54) is 270 Å². The molecule has 0 fully saturated rings. The molecular weight excluding hydrogens is 662 g/mol. The molecule has 3 unspecified atom stereocenters. The summed E-state index contributed by atoms with van der Waals surface area (Å²) < 4.78 is 0. The molecule has 53 heavy (non-hydrogen) atoms. The first-order chi connectivity index (χ1) is 25.6. The van der Waals surface area contributed by atoms with Gasteiger partial charge in [-0.25, -0.2) is 0 Å². The van der Waals surface area contributed by atoms with Gasteiger partial charge in [-0.2, -0.15) is 0 Å². The topological polar surface area (TPSA) is 3.24 Å². The van der Waals surface area contributed by atoms with Gasteiger partial charge in [0.05, 0.1) is 0 Å². The van der Waals surface area contributed by atoms with Crippen LogP contribution >= 0.6 is 12.4 Å². The Balaban J connectivity index is 0. The zero-order valence-corrected chi connectivity index (χ0v) is 39.1. The van der Waals surface area contributed by atoms with Crippen molar-refractivity contribution in [1.82, 2.24) is 4.90 Å². The van der Waals surface area contributed by atoms with Crippen LogP contribution in [0.1, 0.15) is 311 Å². The lowest BCUT2D eigenvalue weighted by Crippen LogP contribution is -2.46. The molecule has 1 nitrogen and oxygen atoms in total. The van der Waals surface area contributed by atoms with Gasteiger partial charge in [-0.05, 0) is 40.0 Å². The van der Waals surface area contributed by atoms with E-state index in [2.05, 4.69) is 46.4 Å². The molecule has 0 aliphatic heterocycles. The molecule has 0 radical (unpaired) electrons. The van der Waals surface area contributed by atoms with E-state index in [1.54, 1.807) is 0 Å². The quantitative estimate of drug-likeness (QED) is 0.0558. The molecule has 0 aliphatic rings. The summed E-state index contributed by atoms with van der Waals surface area (Å²) in [5.74, 6) is 0. The van der Waals surface area contributed by atoms with Gasteiger partial charge in [0, 0.05) is 18.1 Å². The molecule has 0 heterocycles. The van der Waals surface area contributed by atoms with Crippen LogP contribution in [0.2, 0.25) is 0 Å². The fourth-order valence-electron chi connectivity index (χ4n) is 9.12. The van der Waals surface area contributed by atoms with Gasteiger partial charge in [0.1, 0.15) is 0 Å². The minimum atomic E-state index is 0. The van der Waals surface area contributed by atoms with Crippen LogP contribution < -0.4 is 0 Å². The van der Waals surface area contributed by atoms with Crippen molar-refractivity contribution < 1.29 is 0 Å². The van der Waals surface area contributed by atoms with Crippen molar-refractivity contribution in [3.05, 3.63) is 0 Å². The first kappa shape index (κ1) is 55.3. The summed E-state index contributed by atoms with van der Waals surface area (Å²) in [6.07, 6.45) is 61.1. The molecule has 0 N–H and O–H groups in total. The van der Waals surface area contributed by atoms with Crippen LogP contribution in [0.25, 0.3) is 0 Å². The average molecular weight is 769 g/mol. The molecule has 322 valence electrons. The van der Waals surface area contributed by atoms with E-state index in [1.807, 2.05) is 0 Å². The fraction of sp³-hybridized carbons (Fsp3) is 1.00. The first-order valence-corrected chi connectivity index (χ1v) is 25.4. The number of hydrogen-bond donors (Lipinski definition) is 0. The van der Waals surface area contributed by atoms with Crippen molar-refractivity contribution >= 4 is 12.4 Å². The Morgan fingerprint density at radius 2 is 0.358 bits per heavy atom. The summed E-state index contributed by atoms with van der Waals surface area (Å²) in [4.78, 5) is 3.00. The zero-order chi connectivity index (χ0) is 38.0. The Morgan fingerprint density at radius 1 is 0.226 bits per heavy atom. The van der Waals surface area contributed by atoms with E-state index in [0.29, 0.717) is 0 Å². The minimum Gasteiger partial charge on any atom is -0.295 e. The summed E-state index contributed by atoms with van der Waals surface area (Å²) in [5, 5.41) is 0. The van der Waals surface area contributed by atoms with Crippen molar-refractivity contribution in [2.45, 2.75) is 329 Å². The average Bonchev–Trinajstić information content (AvgIpc) is 3.14. The van der Waals surface area contributed by atoms with Gasteiger partial charge >= 0.3 is 0 Å². The standard InChI is InChI=1S/C51H105N.ClH/c1-7-10-13-16-19-22-25-28-31-34-37-40-43-46-49(4)52(50(5)47-44-41-38-35-32-29-26-23-20-17-14-11-8-2)51(6)48-45-42-39-36-33-30-27-24-21-18-15-12-9-3;/h49-51H,7-48H2,1-6H3;1H. The number of nitrogens with zero attached hydrogens (tertiary/aromatic N) is 1. The molecule has 0 aromatic carbocycles. The highest BCUT2D eigenvalue weighted by Crippen LogP contribution is 2.24. The summed E-state index contributed by atoms with van der Waals surface area (Å²) in [6.45, 7) is 14.7. The Labute approximate surface area is 345 Å². The fourth-order valence-corrected chi connectivity index (χ4v) is 9.12. The highest BCUT2D eigenvalue weighted by atomic mass is 35.5. The van der Waals surface area contributed by atoms with E-state index >= 15 is 0 Å². The molecule has 0 aliphatic carbocycles. The largest absolute Gasteiger partial charge is 0.295 e. The second kappa shape index (κ2) is 46.6. The lowest BCUT2D eigenvalue weighted by atomic mass is 9.97. The molecule has 0 saturated carbocycles. The van der Waals surface area contributed by atoms with Gasteiger partial charge in [0.15, 0.2) is 0 Å². The van der Waals surface area contributed by atoms with E-state index in [0.717, 1.165) is 18.1 Å². The van der Waals surface area contributed by atoms with Crippen molar-refractivity contribution in [2.24, 2.45) is 0 Å². The summed E-state index contributed by atoms with van der Waals surface area (Å²) in [6, 6.07) is 2.21. The first-order valence-electron chi connectivity index (χ1n) is 25.4. The maximum atomic E-state index is 3.00. The highest BCUT2D eigenvalue weighted by molar-refractivity contribution is 5.85. The summed E-state index contributed by atoms with van der Waals surface area (Å²) >= 11 is 0. The maximum absolute atomic E-state index is 3.00. The normalized spacial score (nSPS) is 13.4. The van der Waals surface area contributed by atoms with E-state index < -0.39 is 0 Å². The molecule has 0 aromatic rings. The SMILES string of the molecule is CCCCCCCCCCCCCCCC(C)N(C(C)CCCCCCCCCCCCCCC)C(C)CCCCCCCCCCCCCCC.Cl. The third-order valence-electron chi connectivity index (χ3n) is 12.7. The van der Waals surface area contributed by atoms with Crippen LogP contribution in [-0.2, 0) is 0 Å². The van der Waals surface area contributed by atoms with Crippen molar-refractivity contribution in [1.29, 1.82) is 0 Å². The van der Waals surface area contributed by atoms with Crippen LogP contribution in [0, 0.1) is 0 Å². The monoisotopic (exact) mass is 768 g/mol. The van der Waals surface area contributed by atoms with E-state index in [9.17, 15) is 0 Å². The number of unbranched alkanes of at least 4 members (excludes halogenated alkanes) is 36. The molecule has 2 heteroatoms. The van der Waals surface area contributed by atoms with Crippen LogP contribution in [0.4, 0.5) is 0 Å². The predicted octanol–water partition coefficient (Wildman–Crippen LogP) is 19.3. The lowest BCUT2D eigenvalue weighted by Gasteiger charge is -2.40. The number of halogens is 1. The Kier molecular flexibility index (Phi) is 48.7. The molecule has 0 rings (SSSR count). The zero-order valence-electron chi connectivity index (χ0n) is 38.3. The predicted molar refractivity (Wildman–Crippen MR) is 248 cm³/mol. The van der Waals surface area contributed by atoms with E-state index in [4.69, 9.17) is 0 Å². The Hall–Kier alpha value is 0.250. The van der Waals surface area contributed by atoms with Crippen molar-refractivity contribution in [3.63, 3.8) is 0 Å². The minimum absolute atomic E-state index is 0. The number of rotatable bonds is 45. The number of hydrogen-bond acceptors (Lipinski definition) is 1. The van der Waals surface area contributed by atoms with Crippen LogP contribution in [-0.4, -0.2) is 23.0 Å². The Morgan fingerprint density at radius 3 is 0.509 bits per heavy atom. The van der Waals surface area contributed by atoms with Crippen molar-refractivity contribution in [2.75, 3.05) is 0 Å². The lowest BCUT2D eigenvalue weighted by molar-refractivity contribution is 0.0834. The van der Waals surface area contributed by atoms with Crippen molar-refractivity contribution in [3.8, 4) is 0 Å². The smallest absolute Gasteiger partial charge is 0.00725 e. The van der Waals surface area contributed by atoms with Gasteiger partial charge in [-0.1, -0.05) is 271 Å². The van der Waals surface area contributed by atoms with Gasteiger partial charge in [-0.15, -0.1) is 12.4 Å². The molecule has 0 amide bonds. The van der Waals surface area contributed by atoms with Gasteiger partial charge in [0.25, 0.3) is 0 Å². The van der Waals surface area contributed by atoms with Crippen LogP contribution in [0.5, 0.6) is 0 Å². The third kappa shape index (κ3) is 40.3. The van der Waals surface area contributed by atoms with Gasteiger partial charge in [0.2, 0.25) is 0 Å². The molecular formula is C51H106ClN. The second-order valence-electron chi connectivity index (χ2n) is 18.1. The molecule has 0 saturated heterocycles.